The summed E-state index contributed by atoms with van der Waals surface area (Å²) in [6, 6.07) is 1.30. The van der Waals surface area contributed by atoms with Gasteiger partial charge in [-0.3, -0.25) is 14.5 Å². The fraction of sp³-hybridized carbons (Fsp3) is 0.348. The number of alkyl halides is 3. The van der Waals surface area contributed by atoms with Crippen molar-refractivity contribution in [1.82, 2.24) is 24.7 Å². The third kappa shape index (κ3) is 4.81. The largest absolute Gasteiger partial charge is 0.499 e. The summed E-state index contributed by atoms with van der Waals surface area (Å²) >= 11 is 0. The molecule has 0 bridgehead atoms. The topological polar surface area (TPSA) is 110 Å². The van der Waals surface area contributed by atoms with E-state index in [0.717, 1.165) is 11.6 Å². The second-order valence-electron chi connectivity index (χ2n) is 8.34. The molecule has 0 saturated carbocycles. The van der Waals surface area contributed by atoms with E-state index in [2.05, 4.69) is 37.3 Å². The smallest absolute Gasteiger partial charge is 0.433 e. The minimum absolute atomic E-state index is 0.283. The van der Waals surface area contributed by atoms with Crippen LogP contribution in [0.2, 0.25) is 0 Å². The van der Waals surface area contributed by atoms with Gasteiger partial charge in [-0.05, 0) is 25.5 Å². The van der Waals surface area contributed by atoms with E-state index in [1.54, 1.807) is 35.9 Å². The highest BCUT2D eigenvalue weighted by Gasteiger charge is 2.36. The molecule has 0 aromatic carbocycles. The molecule has 36 heavy (non-hydrogen) atoms. The molecule has 0 unspecified atom stereocenters. The summed E-state index contributed by atoms with van der Waals surface area (Å²) in [5.41, 5.74) is 1.57. The number of halogens is 3. The van der Waals surface area contributed by atoms with Crippen LogP contribution in [0.1, 0.15) is 35.5 Å². The van der Waals surface area contributed by atoms with Crippen molar-refractivity contribution in [3.8, 4) is 0 Å². The molecule has 1 amide bonds. The predicted octanol–water partition coefficient (Wildman–Crippen LogP) is 3.53. The fourth-order valence-electron chi connectivity index (χ4n) is 3.84. The van der Waals surface area contributed by atoms with Crippen LogP contribution in [0.5, 0.6) is 0 Å². The Morgan fingerprint density at radius 2 is 2.06 bits per heavy atom. The van der Waals surface area contributed by atoms with Gasteiger partial charge in [-0.15, -0.1) is 0 Å². The van der Waals surface area contributed by atoms with Gasteiger partial charge in [-0.2, -0.15) is 23.3 Å². The summed E-state index contributed by atoms with van der Waals surface area (Å²) < 4.78 is 45.1. The SMILES string of the molecule is C=C(OC)[C@H]1C(=O)Nc2c(C)nc(NCc3cnn([C@@H](C)c4ccc(C(F)(F)F)nc4)c3)nc2N1C. The maximum atomic E-state index is 12.8. The molecule has 2 N–H and O–H groups in total. The van der Waals surface area contributed by atoms with E-state index >= 15 is 0 Å². The van der Waals surface area contributed by atoms with E-state index in [1.165, 1.54) is 19.4 Å². The number of hydrogen-bond donors (Lipinski definition) is 2. The number of ether oxygens (including phenoxy) is 1. The van der Waals surface area contributed by atoms with E-state index in [-0.39, 0.29) is 17.7 Å². The monoisotopic (exact) mass is 502 g/mol. The van der Waals surface area contributed by atoms with Crippen LogP contribution in [0.4, 0.5) is 30.6 Å². The molecule has 3 aromatic heterocycles. The number of hydrogen-bond acceptors (Lipinski definition) is 8. The molecule has 4 rings (SSSR count). The van der Waals surface area contributed by atoms with Crippen LogP contribution in [-0.4, -0.2) is 50.8 Å². The Morgan fingerprint density at radius 3 is 2.69 bits per heavy atom. The first-order valence-corrected chi connectivity index (χ1v) is 10.9. The maximum absolute atomic E-state index is 12.8. The molecular weight excluding hydrogens is 477 g/mol. The third-order valence-electron chi connectivity index (χ3n) is 5.92. The molecule has 190 valence electrons. The summed E-state index contributed by atoms with van der Waals surface area (Å²) in [5, 5.41) is 10.3. The van der Waals surface area contributed by atoms with E-state index < -0.39 is 17.9 Å². The van der Waals surface area contributed by atoms with Crippen molar-refractivity contribution >= 4 is 23.4 Å². The predicted molar refractivity (Wildman–Crippen MR) is 126 cm³/mol. The number of carbonyl (C=O) groups is 1. The van der Waals surface area contributed by atoms with Gasteiger partial charge in [-0.25, -0.2) is 4.98 Å². The number of methoxy groups -OCH3 is 1. The van der Waals surface area contributed by atoms with Crippen molar-refractivity contribution in [2.75, 3.05) is 29.7 Å². The van der Waals surface area contributed by atoms with Gasteiger partial charge in [0.25, 0.3) is 5.91 Å². The Hall–Kier alpha value is -4.16. The van der Waals surface area contributed by atoms with Crippen LogP contribution in [0.15, 0.2) is 43.1 Å². The highest BCUT2D eigenvalue weighted by molar-refractivity contribution is 6.04. The number of amides is 1. The Labute approximate surface area is 205 Å². The molecule has 1 aliphatic heterocycles. The molecule has 0 radical (unpaired) electrons. The molecule has 2 atom stereocenters. The summed E-state index contributed by atoms with van der Waals surface area (Å²) in [6.45, 7) is 7.73. The van der Waals surface area contributed by atoms with Gasteiger partial charge < -0.3 is 20.3 Å². The van der Waals surface area contributed by atoms with Crippen molar-refractivity contribution in [1.29, 1.82) is 0 Å². The molecule has 10 nitrogen and oxygen atoms in total. The standard InChI is InChI=1S/C23H25F3N8O2/c1-12-18-20(33(4)19(14(3)36-5)21(35)31-18)32-22(30-12)28-8-15-9-29-34(11-15)13(2)16-6-7-17(27-10-16)23(24,25)26/h6-7,9-11,13,19H,3,8H2,1-2,4-5H3,(H,31,35)(H,28,30,32)/t13-,19-/m0/s1. The van der Waals surface area contributed by atoms with Crippen LogP contribution in [0, 0.1) is 6.92 Å². The van der Waals surface area contributed by atoms with Gasteiger partial charge in [0, 0.05) is 31.5 Å². The number of anilines is 3. The van der Waals surface area contributed by atoms with E-state index in [1.807, 2.05) is 6.92 Å². The Balaban J connectivity index is 1.47. The number of rotatable bonds is 7. The molecular formula is C23H25F3N8O2. The summed E-state index contributed by atoms with van der Waals surface area (Å²) in [5.74, 6) is 0.876. The lowest BCUT2D eigenvalue weighted by atomic mass is 10.1. The van der Waals surface area contributed by atoms with Crippen LogP contribution < -0.4 is 15.5 Å². The molecule has 0 aliphatic carbocycles. The lowest BCUT2D eigenvalue weighted by molar-refractivity contribution is -0.141. The minimum atomic E-state index is -4.48. The minimum Gasteiger partial charge on any atom is -0.499 e. The number of nitrogens with one attached hydrogen (secondary N) is 2. The van der Waals surface area contributed by atoms with Crippen molar-refractivity contribution < 1.29 is 22.7 Å². The molecule has 3 aromatic rings. The quantitative estimate of drug-likeness (QED) is 0.472. The molecule has 1 aliphatic rings. The number of nitrogens with zero attached hydrogens (tertiary/aromatic N) is 6. The number of carbonyl (C=O) groups excluding carboxylic acids is 1. The average molecular weight is 503 g/mol. The van der Waals surface area contributed by atoms with Crippen molar-refractivity contribution in [2.24, 2.45) is 0 Å². The van der Waals surface area contributed by atoms with Gasteiger partial charge in [0.15, 0.2) is 11.9 Å². The zero-order valence-corrected chi connectivity index (χ0v) is 20.1. The third-order valence-corrected chi connectivity index (χ3v) is 5.92. The normalized spacial score (nSPS) is 16.2. The van der Waals surface area contributed by atoms with Gasteiger partial charge >= 0.3 is 6.18 Å². The molecule has 13 heteroatoms. The van der Waals surface area contributed by atoms with Crippen molar-refractivity contribution in [2.45, 2.75) is 38.7 Å². The molecule has 0 saturated heterocycles. The van der Waals surface area contributed by atoms with Crippen LogP contribution in [0.25, 0.3) is 0 Å². The lowest BCUT2D eigenvalue weighted by Gasteiger charge is -2.34. The van der Waals surface area contributed by atoms with Crippen LogP contribution in [-0.2, 0) is 22.3 Å². The van der Waals surface area contributed by atoms with Crippen molar-refractivity contribution in [3.05, 3.63) is 65.6 Å². The zero-order valence-electron chi connectivity index (χ0n) is 20.1. The molecule has 0 spiro atoms. The first kappa shape index (κ1) is 24.9. The Kier molecular flexibility index (Phi) is 6.57. The van der Waals surface area contributed by atoms with E-state index in [4.69, 9.17) is 4.74 Å². The summed E-state index contributed by atoms with van der Waals surface area (Å²) in [4.78, 5) is 26.7. The van der Waals surface area contributed by atoms with Gasteiger partial charge in [0.1, 0.15) is 17.1 Å². The van der Waals surface area contributed by atoms with E-state index in [0.29, 0.717) is 35.3 Å². The van der Waals surface area contributed by atoms with Crippen LogP contribution >= 0.6 is 0 Å². The second kappa shape index (κ2) is 9.47. The first-order chi connectivity index (χ1) is 17.0. The number of fused-ring (bicyclic) bond motifs is 1. The molecule has 4 heterocycles. The van der Waals surface area contributed by atoms with Gasteiger partial charge in [-0.1, -0.05) is 12.6 Å². The first-order valence-electron chi connectivity index (χ1n) is 10.9. The van der Waals surface area contributed by atoms with Crippen LogP contribution in [0.3, 0.4) is 0 Å². The van der Waals surface area contributed by atoms with Gasteiger partial charge in [0.2, 0.25) is 5.95 Å². The van der Waals surface area contributed by atoms with Gasteiger partial charge in [0.05, 0.1) is 25.0 Å². The maximum Gasteiger partial charge on any atom is 0.433 e. The zero-order chi connectivity index (χ0) is 26.2. The number of aromatic nitrogens is 5. The lowest BCUT2D eigenvalue weighted by Crippen LogP contribution is -2.48. The Morgan fingerprint density at radius 1 is 1.31 bits per heavy atom. The summed E-state index contributed by atoms with van der Waals surface area (Å²) in [7, 11) is 3.18. The summed E-state index contributed by atoms with van der Waals surface area (Å²) in [6.07, 6.45) is 0.156. The highest BCUT2D eigenvalue weighted by atomic mass is 19.4. The average Bonchev–Trinajstić information content (AvgIpc) is 3.31. The number of aryl methyl sites for hydroxylation is 1. The Bertz CT molecular complexity index is 1290. The highest BCUT2D eigenvalue weighted by Crippen LogP contribution is 2.34. The second-order valence-corrected chi connectivity index (χ2v) is 8.34. The fourth-order valence-corrected chi connectivity index (χ4v) is 3.84. The number of pyridine rings is 1. The van der Waals surface area contributed by atoms with E-state index in [9.17, 15) is 18.0 Å². The molecule has 0 fully saturated rings. The van der Waals surface area contributed by atoms with Crippen molar-refractivity contribution in [3.63, 3.8) is 0 Å². The number of likely N-dealkylation sites (N-methyl/N-ethyl adjacent to an activating group) is 1.